The Balaban J connectivity index is 1.65. The van der Waals surface area contributed by atoms with Crippen molar-refractivity contribution in [3.05, 3.63) is 47.5 Å². The van der Waals surface area contributed by atoms with Crippen LogP contribution in [0.4, 0.5) is 0 Å². The van der Waals surface area contributed by atoms with Gasteiger partial charge in [-0.05, 0) is 18.2 Å². The van der Waals surface area contributed by atoms with E-state index in [1.165, 1.54) is 16.8 Å². The number of rotatable bonds is 4. The topological polar surface area (TPSA) is 97.2 Å². The first-order chi connectivity index (χ1) is 10.9. The number of carbonyl (C=O) groups is 1. The average Bonchev–Trinajstić information content (AvgIpc) is 2.94. The summed E-state index contributed by atoms with van der Waals surface area (Å²) in [5.74, 6) is -0.221. The molecule has 2 aromatic heterocycles. The largest absolute Gasteiger partial charge is 0.346 e. The second-order valence-electron chi connectivity index (χ2n) is 5.37. The normalized spacial score (nSPS) is 15.2. The summed E-state index contributed by atoms with van der Waals surface area (Å²) in [4.78, 5) is 15.9. The Morgan fingerprint density at radius 2 is 2.22 bits per heavy atom. The zero-order valence-electron chi connectivity index (χ0n) is 12.6. The predicted molar refractivity (Wildman–Crippen MR) is 82.9 cm³/mol. The van der Waals surface area contributed by atoms with Crippen LogP contribution in [0.25, 0.3) is 0 Å². The number of fused-ring (bicyclic) bond motifs is 1. The number of nitrogens with one attached hydrogen (secondary N) is 1. The van der Waals surface area contributed by atoms with Crippen molar-refractivity contribution in [3.63, 3.8) is 0 Å². The molecule has 0 fully saturated rings. The van der Waals surface area contributed by atoms with Crippen LogP contribution in [0.5, 0.6) is 0 Å². The first-order valence-corrected chi connectivity index (χ1v) is 8.97. The second-order valence-corrected chi connectivity index (χ2v) is 7.35. The number of hydrogen-bond acceptors (Lipinski definition) is 5. The first kappa shape index (κ1) is 15.6. The number of sulfonamides is 1. The third-order valence-corrected chi connectivity index (χ3v) is 4.89. The molecule has 9 heteroatoms. The van der Waals surface area contributed by atoms with Gasteiger partial charge in [-0.25, -0.2) is 8.42 Å². The smallest absolute Gasteiger partial charge is 0.253 e. The molecule has 1 amide bonds. The van der Waals surface area contributed by atoms with Crippen LogP contribution in [-0.4, -0.2) is 46.2 Å². The van der Waals surface area contributed by atoms with E-state index in [9.17, 15) is 13.2 Å². The molecule has 1 aliphatic rings. The summed E-state index contributed by atoms with van der Waals surface area (Å²) >= 11 is 0. The lowest BCUT2D eigenvalue weighted by Gasteiger charge is -2.25. The summed E-state index contributed by atoms with van der Waals surface area (Å²) in [6, 6.07) is 5.20. The molecule has 0 atom stereocenters. The number of carbonyl (C=O) groups excluding carboxylic acids is 1. The molecule has 1 N–H and O–H groups in total. The summed E-state index contributed by atoms with van der Waals surface area (Å²) in [5, 5.41) is 7.18. The maximum atomic E-state index is 12.0. The fourth-order valence-corrected chi connectivity index (χ4v) is 3.22. The van der Waals surface area contributed by atoms with Gasteiger partial charge in [0.1, 0.15) is 0 Å². The van der Waals surface area contributed by atoms with Gasteiger partial charge in [0.15, 0.2) is 0 Å². The molecule has 3 rings (SSSR count). The fraction of sp³-hybridized carbons (Fsp3) is 0.357. The zero-order valence-corrected chi connectivity index (χ0v) is 13.5. The SMILES string of the molecule is CS(=O)(=O)N1CCn2nc(CNC(=O)c3cccnc3)cc2C1. The fourth-order valence-electron chi connectivity index (χ4n) is 2.44. The number of pyridine rings is 1. The van der Waals surface area contributed by atoms with Crippen molar-refractivity contribution in [1.82, 2.24) is 24.4 Å². The van der Waals surface area contributed by atoms with Crippen LogP contribution >= 0.6 is 0 Å². The van der Waals surface area contributed by atoms with Crippen LogP contribution in [0.2, 0.25) is 0 Å². The van der Waals surface area contributed by atoms with Crippen LogP contribution in [0, 0.1) is 0 Å². The summed E-state index contributed by atoms with van der Waals surface area (Å²) in [6.45, 7) is 1.52. The number of aromatic nitrogens is 3. The quantitative estimate of drug-likeness (QED) is 0.847. The monoisotopic (exact) mass is 335 g/mol. The van der Waals surface area contributed by atoms with Crippen molar-refractivity contribution in [2.24, 2.45) is 0 Å². The molecule has 0 saturated carbocycles. The van der Waals surface area contributed by atoms with E-state index in [2.05, 4.69) is 15.4 Å². The highest BCUT2D eigenvalue weighted by molar-refractivity contribution is 7.88. The summed E-state index contributed by atoms with van der Waals surface area (Å²) in [7, 11) is -3.21. The minimum atomic E-state index is -3.21. The summed E-state index contributed by atoms with van der Waals surface area (Å²) in [5.41, 5.74) is 2.01. The van der Waals surface area contributed by atoms with E-state index in [1.54, 1.807) is 23.0 Å². The van der Waals surface area contributed by atoms with Gasteiger partial charge in [0.25, 0.3) is 5.91 Å². The van der Waals surface area contributed by atoms with Crippen molar-refractivity contribution < 1.29 is 13.2 Å². The molecule has 0 aliphatic carbocycles. The van der Waals surface area contributed by atoms with E-state index in [-0.39, 0.29) is 12.5 Å². The Hall–Kier alpha value is -2.26. The van der Waals surface area contributed by atoms with Crippen LogP contribution in [0.15, 0.2) is 30.6 Å². The third-order valence-electron chi connectivity index (χ3n) is 3.64. The van der Waals surface area contributed by atoms with E-state index >= 15 is 0 Å². The minimum Gasteiger partial charge on any atom is -0.346 e. The Labute approximate surface area is 134 Å². The van der Waals surface area contributed by atoms with Gasteiger partial charge in [-0.1, -0.05) is 0 Å². The summed E-state index contributed by atoms with van der Waals surface area (Å²) in [6.07, 6.45) is 4.30. The molecule has 0 bridgehead atoms. The van der Waals surface area contributed by atoms with Crippen molar-refractivity contribution >= 4 is 15.9 Å². The van der Waals surface area contributed by atoms with Gasteiger partial charge in [0.2, 0.25) is 10.0 Å². The van der Waals surface area contributed by atoms with Crippen LogP contribution < -0.4 is 5.32 Å². The molecule has 122 valence electrons. The standard InChI is InChI=1S/C14H17N5O3S/c1-23(21,22)18-5-6-19-13(10-18)7-12(17-19)9-16-14(20)11-3-2-4-15-8-11/h2-4,7-8H,5-6,9-10H2,1H3,(H,16,20). The molecule has 23 heavy (non-hydrogen) atoms. The molecule has 8 nitrogen and oxygen atoms in total. The van der Waals surface area contributed by atoms with Gasteiger partial charge in [0, 0.05) is 18.9 Å². The lowest BCUT2D eigenvalue weighted by atomic mass is 10.2. The molecule has 0 saturated heterocycles. The molecular formula is C14H17N5O3S. The van der Waals surface area contributed by atoms with E-state index in [0.29, 0.717) is 30.9 Å². The predicted octanol–water partition coefficient (Wildman–Crippen LogP) is -0.0167. The Morgan fingerprint density at radius 3 is 2.91 bits per heavy atom. The van der Waals surface area contributed by atoms with Gasteiger partial charge < -0.3 is 5.32 Å². The van der Waals surface area contributed by atoms with E-state index in [1.807, 2.05) is 6.07 Å². The lowest BCUT2D eigenvalue weighted by molar-refractivity contribution is 0.0950. The number of hydrogen-bond donors (Lipinski definition) is 1. The van der Waals surface area contributed by atoms with E-state index in [0.717, 1.165) is 5.69 Å². The maximum Gasteiger partial charge on any atom is 0.253 e. The molecule has 0 radical (unpaired) electrons. The van der Waals surface area contributed by atoms with Crippen molar-refractivity contribution in [3.8, 4) is 0 Å². The Kier molecular flexibility index (Phi) is 4.14. The van der Waals surface area contributed by atoms with Crippen LogP contribution in [0.1, 0.15) is 21.7 Å². The molecule has 0 spiro atoms. The van der Waals surface area contributed by atoms with Gasteiger partial charge >= 0.3 is 0 Å². The highest BCUT2D eigenvalue weighted by Gasteiger charge is 2.24. The van der Waals surface area contributed by atoms with Crippen molar-refractivity contribution in [1.29, 1.82) is 0 Å². The molecule has 0 unspecified atom stereocenters. The average molecular weight is 335 g/mol. The Morgan fingerprint density at radius 1 is 1.39 bits per heavy atom. The van der Waals surface area contributed by atoms with Crippen LogP contribution in [0.3, 0.4) is 0 Å². The molecule has 2 aromatic rings. The lowest BCUT2D eigenvalue weighted by Crippen LogP contribution is -2.37. The third kappa shape index (κ3) is 3.57. The van der Waals surface area contributed by atoms with Crippen molar-refractivity contribution in [2.75, 3.05) is 12.8 Å². The molecule has 0 aromatic carbocycles. The van der Waals surface area contributed by atoms with E-state index in [4.69, 9.17) is 0 Å². The molecule has 1 aliphatic heterocycles. The number of amides is 1. The van der Waals surface area contributed by atoms with Gasteiger partial charge in [0.05, 0.1) is 42.8 Å². The minimum absolute atomic E-state index is 0.221. The highest BCUT2D eigenvalue weighted by Crippen LogP contribution is 2.16. The first-order valence-electron chi connectivity index (χ1n) is 7.12. The highest BCUT2D eigenvalue weighted by atomic mass is 32.2. The number of nitrogens with zero attached hydrogens (tertiary/aromatic N) is 4. The Bertz CT molecular complexity index is 816. The van der Waals surface area contributed by atoms with Crippen molar-refractivity contribution in [2.45, 2.75) is 19.6 Å². The van der Waals surface area contributed by atoms with E-state index < -0.39 is 10.0 Å². The van der Waals surface area contributed by atoms with Gasteiger partial charge in [-0.15, -0.1) is 0 Å². The van der Waals surface area contributed by atoms with Crippen LogP contribution in [-0.2, 0) is 29.7 Å². The van der Waals surface area contributed by atoms with Gasteiger partial charge in [-0.2, -0.15) is 9.40 Å². The second kappa shape index (κ2) is 6.09. The molecular weight excluding hydrogens is 318 g/mol. The molecule has 3 heterocycles. The maximum absolute atomic E-state index is 12.0. The zero-order chi connectivity index (χ0) is 16.4. The van der Waals surface area contributed by atoms with Gasteiger partial charge in [-0.3, -0.25) is 14.5 Å². The summed E-state index contributed by atoms with van der Waals surface area (Å²) < 4.78 is 26.4.